The second-order valence-corrected chi connectivity index (χ2v) is 12.3. The highest BCUT2D eigenvalue weighted by Crippen LogP contribution is 2.80. The molecule has 0 bridgehead atoms. The molecule has 166 valence electrons. The predicted molar refractivity (Wildman–Crippen MR) is 114 cm³/mol. The molecule has 0 radical (unpaired) electrons. The normalized spacial score (nSPS) is 63.7. The van der Waals surface area contributed by atoms with Gasteiger partial charge in [-0.3, -0.25) is 0 Å². The molecule has 0 heterocycles. The first-order chi connectivity index (χ1) is 13.7. The molecule has 0 aliphatic heterocycles. The molecule has 4 heteroatoms. The van der Waals surface area contributed by atoms with Gasteiger partial charge in [0.2, 0.25) is 0 Å². The molecule has 6 aliphatic rings. The second kappa shape index (κ2) is 6.43. The number of aliphatic hydroxyl groups is 3. The monoisotopic (exact) mass is 405 g/mol. The summed E-state index contributed by atoms with van der Waals surface area (Å²) in [6.07, 6.45) is 7.19. The molecule has 6 saturated carbocycles. The maximum atomic E-state index is 11.1. The third kappa shape index (κ3) is 2.46. The molecule has 6 aliphatic carbocycles. The Bertz CT molecular complexity index is 668. The number of rotatable bonds is 1. The summed E-state index contributed by atoms with van der Waals surface area (Å²) in [7, 11) is 0. The van der Waals surface area contributed by atoms with Gasteiger partial charge in [0.15, 0.2) is 0 Å². The van der Waals surface area contributed by atoms with Crippen LogP contribution < -0.4 is 5.73 Å². The van der Waals surface area contributed by atoms with Crippen molar-refractivity contribution in [3.05, 3.63) is 0 Å². The Kier molecular flexibility index (Phi) is 4.60. The molecule has 13 unspecified atom stereocenters. The standard InChI is InChI=1S/C22H35NO2.C3H8O/c1-10-15-16(10)19(25)20(2)6-5-13-17(18(15)20)12-8-14(12)22(23)9-11(24)4-7-21(13,22)3;1-2-3-4/h10-19,24-25H,4-9,23H2,1-3H3;4H,2-3H2,1H3. The Labute approximate surface area is 176 Å². The van der Waals surface area contributed by atoms with Crippen molar-refractivity contribution in [1.82, 2.24) is 0 Å². The van der Waals surface area contributed by atoms with Gasteiger partial charge in [-0.2, -0.15) is 0 Å². The Morgan fingerprint density at radius 2 is 1.69 bits per heavy atom. The van der Waals surface area contributed by atoms with Crippen LogP contribution in [0.2, 0.25) is 0 Å². The first-order valence-electron chi connectivity index (χ1n) is 12.4. The van der Waals surface area contributed by atoms with Crippen molar-refractivity contribution in [1.29, 1.82) is 0 Å². The van der Waals surface area contributed by atoms with E-state index in [2.05, 4.69) is 20.8 Å². The highest BCUT2D eigenvalue weighted by Gasteiger charge is 2.79. The average Bonchev–Trinajstić information content (AvgIpc) is 3.58. The van der Waals surface area contributed by atoms with Crippen LogP contribution in [0.1, 0.15) is 72.6 Å². The van der Waals surface area contributed by atoms with E-state index in [4.69, 9.17) is 10.8 Å². The third-order valence-corrected chi connectivity index (χ3v) is 11.3. The number of nitrogens with two attached hydrogens (primary N) is 1. The minimum atomic E-state index is -0.189. The zero-order valence-corrected chi connectivity index (χ0v) is 18.8. The van der Waals surface area contributed by atoms with Crippen LogP contribution in [-0.2, 0) is 0 Å². The zero-order chi connectivity index (χ0) is 20.9. The zero-order valence-electron chi connectivity index (χ0n) is 18.8. The van der Waals surface area contributed by atoms with Crippen LogP contribution in [0.15, 0.2) is 0 Å². The fourth-order valence-electron chi connectivity index (χ4n) is 9.66. The summed E-state index contributed by atoms with van der Waals surface area (Å²) >= 11 is 0. The van der Waals surface area contributed by atoms with Gasteiger partial charge in [-0.15, -0.1) is 0 Å². The van der Waals surface area contributed by atoms with Crippen molar-refractivity contribution in [2.24, 2.45) is 63.9 Å². The van der Waals surface area contributed by atoms with E-state index in [9.17, 15) is 10.2 Å². The molecule has 0 aromatic carbocycles. The van der Waals surface area contributed by atoms with Gasteiger partial charge in [0, 0.05) is 12.1 Å². The van der Waals surface area contributed by atoms with E-state index in [1.165, 1.54) is 19.3 Å². The maximum Gasteiger partial charge on any atom is 0.0630 e. The molecule has 4 nitrogen and oxygen atoms in total. The van der Waals surface area contributed by atoms with Crippen molar-refractivity contribution < 1.29 is 15.3 Å². The molecular formula is C25H43NO3. The lowest BCUT2D eigenvalue weighted by Gasteiger charge is -2.64. The Hall–Kier alpha value is -0.160. The van der Waals surface area contributed by atoms with Gasteiger partial charge >= 0.3 is 0 Å². The van der Waals surface area contributed by atoms with E-state index in [0.717, 1.165) is 55.3 Å². The second-order valence-electron chi connectivity index (χ2n) is 12.3. The number of aliphatic hydroxyl groups excluding tert-OH is 3. The third-order valence-electron chi connectivity index (χ3n) is 11.3. The van der Waals surface area contributed by atoms with E-state index in [1.807, 2.05) is 6.92 Å². The van der Waals surface area contributed by atoms with Gasteiger partial charge < -0.3 is 21.1 Å². The van der Waals surface area contributed by atoms with Gasteiger partial charge in [0.25, 0.3) is 0 Å². The van der Waals surface area contributed by atoms with Gasteiger partial charge in [-0.1, -0.05) is 27.7 Å². The molecule has 0 amide bonds. The summed E-state index contributed by atoms with van der Waals surface area (Å²) in [6, 6.07) is 0. The molecule has 5 N–H and O–H groups in total. The summed E-state index contributed by atoms with van der Waals surface area (Å²) in [5.41, 5.74) is 7.35. The van der Waals surface area contributed by atoms with Gasteiger partial charge in [0.1, 0.15) is 0 Å². The van der Waals surface area contributed by atoms with Crippen molar-refractivity contribution in [2.45, 2.75) is 90.4 Å². The van der Waals surface area contributed by atoms with E-state index < -0.39 is 0 Å². The van der Waals surface area contributed by atoms with Crippen molar-refractivity contribution >= 4 is 0 Å². The molecular weight excluding hydrogens is 362 g/mol. The van der Waals surface area contributed by atoms with E-state index in [-0.39, 0.29) is 28.6 Å². The largest absolute Gasteiger partial charge is 0.396 e. The van der Waals surface area contributed by atoms with Crippen molar-refractivity contribution in [3.8, 4) is 0 Å². The van der Waals surface area contributed by atoms with Crippen LogP contribution in [0, 0.1) is 58.2 Å². The van der Waals surface area contributed by atoms with Gasteiger partial charge in [0.05, 0.1) is 12.2 Å². The van der Waals surface area contributed by atoms with E-state index >= 15 is 0 Å². The minimum absolute atomic E-state index is 0.0683. The van der Waals surface area contributed by atoms with Gasteiger partial charge in [-0.05, 0) is 103 Å². The van der Waals surface area contributed by atoms with E-state index in [0.29, 0.717) is 24.4 Å². The molecule has 13 atom stereocenters. The van der Waals surface area contributed by atoms with E-state index in [1.54, 1.807) is 0 Å². The smallest absolute Gasteiger partial charge is 0.0630 e. The van der Waals surface area contributed by atoms with Crippen LogP contribution in [-0.4, -0.2) is 39.7 Å². The van der Waals surface area contributed by atoms with Crippen LogP contribution in [0.4, 0.5) is 0 Å². The average molecular weight is 406 g/mol. The summed E-state index contributed by atoms with van der Waals surface area (Å²) in [5.74, 6) is 5.71. The lowest BCUT2D eigenvalue weighted by atomic mass is 9.42. The summed E-state index contributed by atoms with van der Waals surface area (Å²) in [6.45, 7) is 9.51. The minimum Gasteiger partial charge on any atom is -0.396 e. The molecule has 29 heavy (non-hydrogen) atoms. The lowest BCUT2D eigenvalue weighted by Crippen LogP contribution is -2.68. The molecule has 0 aromatic heterocycles. The molecule has 0 spiro atoms. The first-order valence-corrected chi connectivity index (χ1v) is 12.4. The summed E-state index contributed by atoms with van der Waals surface area (Å²) in [4.78, 5) is 0. The number of hydrogen-bond donors (Lipinski definition) is 4. The molecule has 6 rings (SSSR count). The molecule has 6 fully saturated rings. The number of hydrogen-bond acceptors (Lipinski definition) is 4. The van der Waals surface area contributed by atoms with Gasteiger partial charge in [-0.25, -0.2) is 0 Å². The Morgan fingerprint density at radius 1 is 1.00 bits per heavy atom. The maximum absolute atomic E-state index is 11.1. The summed E-state index contributed by atoms with van der Waals surface area (Å²) in [5, 5.41) is 29.3. The SMILES string of the molecule is CC1C2C1C1C3C4CC4C4(N)CC(O)CCC4(C)C3CCC1(C)C2O.CCCO. The molecule has 0 saturated heterocycles. The fraction of sp³-hybridized carbons (Fsp3) is 1.00. The van der Waals surface area contributed by atoms with Crippen LogP contribution in [0.5, 0.6) is 0 Å². The number of fused-ring (bicyclic) bond motifs is 10. The predicted octanol–water partition coefficient (Wildman–Crippen LogP) is 3.18. The first kappa shape index (κ1) is 20.7. The van der Waals surface area contributed by atoms with Crippen LogP contribution in [0.25, 0.3) is 0 Å². The highest BCUT2D eigenvalue weighted by molar-refractivity contribution is 5.28. The Morgan fingerprint density at radius 3 is 2.34 bits per heavy atom. The topological polar surface area (TPSA) is 86.7 Å². The lowest BCUT2D eigenvalue weighted by molar-refractivity contribution is -0.158. The Balaban J connectivity index is 0.000000419. The van der Waals surface area contributed by atoms with Crippen LogP contribution >= 0.6 is 0 Å². The fourth-order valence-corrected chi connectivity index (χ4v) is 9.66. The summed E-state index contributed by atoms with van der Waals surface area (Å²) < 4.78 is 0. The van der Waals surface area contributed by atoms with Crippen molar-refractivity contribution in [3.63, 3.8) is 0 Å². The van der Waals surface area contributed by atoms with Crippen LogP contribution in [0.3, 0.4) is 0 Å². The highest BCUT2D eigenvalue weighted by atomic mass is 16.3. The molecule has 0 aromatic rings. The quantitative estimate of drug-likeness (QED) is 0.540. The van der Waals surface area contributed by atoms with Crippen molar-refractivity contribution in [2.75, 3.05) is 6.61 Å².